The zero-order valence-corrected chi connectivity index (χ0v) is 19.8. The highest BCUT2D eigenvalue weighted by atomic mass is 16.5. The molecule has 5 heterocycles. The number of nitrogens with one attached hydrogen (secondary N) is 1. The van der Waals surface area contributed by atoms with Crippen LogP contribution >= 0.6 is 0 Å². The quantitative estimate of drug-likeness (QED) is 0.358. The largest absolute Gasteiger partial charge is 0.493 e. The normalized spacial score (nSPS) is 14.3. The molecule has 0 saturated carbocycles. The second kappa shape index (κ2) is 9.79. The summed E-state index contributed by atoms with van der Waals surface area (Å²) < 4.78 is 13.7. The highest BCUT2D eigenvalue weighted by Gasteiger charge is 2.18. The molecular formula is C27H27N7O2. The maximum absolute atomic E-state index is 6.17. The molecule has 0 aliphatic carbocycles. The predicted molar refractivity (Wildman–Crippen MR) is 137 cm³/mol. The topological polar surface area (TPSA) is 117 Å². The summed E-state index contributed by atoms with van der Waals surface area (Å²) in [5.41, 5.74) is 9.58. The van der Waals surface area contributed by atoms with Crippen LogP contribution in [0.3, 0.4) is 0 Å². The molecule has 5 aromatic rings. The Bertz CT molecular complexity index is 1460. The van der Waals surface area contributed by atoms with Crippen LogP contribution in [0.4, 0.5) is 5.95 Å². The number of hydrogen-bond acceptors (Lipinski definition) is 8. The third-order valence-electron chi connectivity index (χ3n) is 6.48. The Balaban J connectivity index is 1.40. The number of anilines is 1. The van der Waals surface area contributed by atoms with Crippen molar-refractivity contribution in [3.05, 3.63) is 78.6 Å². The number of imidazole rings is 1. The smallest absolute Gasteiger partial charge is 0.222 e. The average molecular weight is 482 g/mol. The number of aromatic nitrogens is 5. The van der Waals surface area contributed by atoms with Crippen LogP contribution in [-0.4, -0.2) is 44.2 Å². The van der Waals surface area contributed by atoms with Crippen molar-refractivity contribution >= 4 is 17.0 Å². The van der Waals surface area contributed by atoms with Crippen molar-refractivity contribution in [2.45, 2.75) is 19.3 Å². The van der Waals surface area contributed by atoms with Crippen LogP contribution in [0, 0.1) is 5.92 Å². The molecule has 1 aliphatic heterocycles. The SMILES string of the molecule is Nc1nc(-c2ccco2)cc(-n2c(Cc3ccncc3)nc3cc(OCC4CCNCC4)ccc32)n1. The Hall–Kier alpha value is -4.24. The standard InChI is InChI=1S/C27H27N7O2/c28-27-32-22(24-2-1-13-35-24)16-26(33-27)34-23-4-3-20(36-17-19-7-11-30-12-8-19)15-21(23)31-25(34)14-18-5-9-29-10-6-18/h1-6,9-10,13,15-16,19,30H,7-8,11-12,14,17H2,(H2,28,32,33). The van der Waals surface area contributed by atoms with Gasteiger partial charge in [-0.25, -0.2) is 9.97 Å². The predicted octanol–water partition coefficient (Wildman–Crippen LogP) is 4.02. The van der Waals surface area contributed by atoms with Crippen molar-refractivity contribution in [3.63, 3.8) is 0 Å². The minimum absolute atomic E-state index is 0.164. The molecule has 4 aromatic heterocycles. The summed E-state index contributed by atoms with van der Waals surface area (Å²) in [5.74, 6) is 3.64. The monoisotopic (exact) mass is 481 g/mol. The van der Waals surface area contributed by atoms with E-state index in [1.54, 1.807) is 18.7 Å². The Kier molecular flexibility index (Phi) is 6.05. The van der Waals surface area contributed by atoms with E-state index in [1.165, 1.54) is 0 Å². The molecule has 0 bridgehead atoms. The molecule has 0 spiro atoms. The van der Waals surface area contributed by atoms with Crippen LogP contribution in [0.15, 0.2) is 71.6 Å². The zero-order valence-electron chi connectivity index (χ0n) is 19.8. The van der Waals surface area contributed by atoms with Gasteiger partial charge in [0.1, 0.15) is 23.1 Å². The van der Waals surface area contributed by atoms with E-state index in [0.717, 1.165) is 54.1 Å². The maximum Gasteiger partial charge on any atom is 0.222 e. The Morgan fingerprint density at radius 3 is 2.69 bits per heavy atom. The highest BCUT2D eigenvalue weighted by Crippen LogP contribution is 2.29. The molecule has 0 amide bonds. The fraction of sp³-hybridized carbons (Fsp3) is 0.259. The minimum Gasteiger partial charge on any atom is -0.493 e. The number of hydrogen-bond donors (Lipinski definition) is 2. The number of nitrogens with two attached hydrogens (primary N) is 1. The van der Waals surface area contributed by atoms with E-state index < -0.39 is 0 Å². The third-order valence-corrected chi connectivity index (χ3v) is 6.48. The van der Waals surface area contributed by atoms with Gasteiger partial charge in [0, 0.05) is 30.9 Å². The van der Waals surface area contributed by atoms with E-state index in [0.29, 0.717) is 36.2 Å². The third kappa shape index (κ3) is 4.65. The molecule has 182 valence electrons. The van der Waals surface area contributed by atoms with Gasteiger partial charge in [-0.05, 0) is 73.8 Å². The fourth-order valence-corrected chi connectivity index (χ4v) is 4.64. The molecule has 36 heavy (non-hydrogen) atoms. The summed E-state index contributed by atoms with van der Waals surface area (Å²) >= 11 is 0. The molecule has 1 aromatic carbocycles. The Morgan fingerprint density at radius 1 is 1.03 bits per heavy atom. The zero-order chi connectivity index (χ0) is 24.3. The van der Waals surface area contributed by atoms with E-state index in [9.17, 15) is 0 Å². The first-order chi connectivity index (χ1) is 17.7. The summed E-state index contributed by atoms with van der Waals surface area (Å²) in [7, 11) is 0. The average Bonchev–Trinajstić information content (AvgIpc) is 3.56. The number of furan rings is 1. The fourth-order valence-electron chi connectivity index (χ4n) is 4.64. The molecule has 6 rings (SSSR count). The van der Waals surface area contributed by atoms with E-state index in [4.69, 9.17) is 19.9 Å². The number of nitrogen functional groups attached to an aromatic ring is 1. The van der Waals surface area contributed by atoms with E-state index in [2.05, 4.69) is 20.3 Å². The first-order valence-corrected chi connectivity index (χ1v) is 12.2. The second-order valence-electron chi connectivity index (χ2n) is 9.00. The van der Waals surface area contributed by atoms with E-state index >= 15 is 0 Å². The lowest BCUT2D eigenvalue weighted by Gasteiger charge is -2.22. The number of ether oxygens (including phenoxy) is 1. The molecule has 0 radical (unpaired) electrons. The van der Waals surface area contributed by atoms with Gasteiger partial charge in [0.2, 0.25) is 5.95 Å². The molecule has 9 heteroatoms. The number of nitrogens with zero attached hydrogens (tertiary/aromatic N) is 5. The van der Waals surface area contributed by atoms with E-state index in [-0.39, 0.29) is 5.95 Å². The highest BCUT2D eigenvalue weighted by molar-refractivity contribution is 5.80. The minimum atomic E-state index is 0.164. The summed E-state index contributed by atoms with van der Waals surface area (Å²) in [6, 6.07) is 15.5. The molecule has 9 nitrogen and oxygen atoms in total. The first kappa shape index (κ1) is 22.2. The number of rotatable bonds is 7. The van der Waals surface area contributed by atoms with Gasteiger partial charge in [-0.1, -0.05) is 0 Å². The number of fused-ring (bicyclic) bond motifs is 1. The van der Waals surface area contributed by atoms with Crippen LogP contribution in [0.1, 0.15) is 24.2 Å². The maximum atomic E-state index is 6.17. The summed E-state index contributed by atoms with van der Waals surface area (Å²) in [4.78, 5) is 18.1. The number of pyridine rings is 1. The molecule has 1 saturated heterocycles. The summed E-state index contributed by atoms with van der Waals surface area (Å²) in [5, 5.41) is 3.40. The van der Waals surface area contributed by atoms with Gasteiger partial charge in [-0.2, -0.15) is 4.98 Å². The van der Waals surface area contributed by atoms with Crippen molar-refractivity contribution in [2.75, 3.05) is 25.4 Å². The second-order valence-corrected chi connectivity index (χ2v) is 9.00. The van der Waals surface area contributed by atoms with E-state index in [1.807, 2.05) is 53.1 Å². The Labute approximate surface area is 208 Å². The van der Waals surface area contributed by atoms with Gasteiger partial charge in [0.05, 0.1) is 23.9 Å². The van der Waals surface area contributed by atoms with Gasteiger partial charge >= 0.3 is 0 Å². The molecule has 1 aliphatic rings. The van der Waals surface area contributed by atoms with Crippen molar-refractivity contribution in [3.8, 4) is 23.0 Å². The van der Waals surface area contributed by atoms with Gasteiger partial charge in [0.25, 0.3) is 0 Å². The van der Waals surface area contributed by atoms with Gasteiger partial charge in [-0.15, -0.1) is 0 Å². The van der Waals surface area contributed by atoms with Crippen molar-refractivity contribution < 1.29 is 9.15 Å². The van der Waals surface area contributed by atoms with Gasteiger partial charge in [0.15, 0.2) is 5.76 Å². The lowest BCUT2D eigenvalue weighted by Crippen LogP contribution is -2.30. The first-order valence-electron chi connectivity index (χ1n) is 12.2. The molecule has 1 fully saturated rings. The van der Waals surface area contributed by atoms with Crippen molar-refractivity contribution in [1.29, 1.82) is 0 Å². The number of piperidine rings is 1. The molecule has 3 N–H and O–H groups in total. The Morgan fingerprint density at radius 2 is 1.89 bits per heavy atom. The van der Waals surface area contributed by atoms with Crippen molar-refractivity contribution in [2.24, 2.45) is 5.92 Å². The van der Waals surface area contributed by atoms with Crippen LogP contribution in [0.5, 0.6) is 5.75 Å². The molecule has 0 unspecified atom stereocenters. The van der Waals surface area contributed by atoms with Crippen LogP contribution in [0.2, 0.25) is 0 Å². The lowest BCUT2D eigenvalue weighted by molar-refractivity contribution is 0.215. The summed E-state index contributed by atoms with van der Waals surface area (Å²) in [6.45, 7) is 2.82. The van der Waals surface area contributed by atoms with Gasteiger partial charge < -0.3 is 20.2 Å². The molecular weight excluding hydrogens is 454 g/mol. The molecule has 0 atom stereocenters. The number of benzene rings is 1. The van der Waals surface area contributed by atoms with Crippen LogP contribution in [-0.2, 0) is 6.42 Å². The van der Waals surface area contributed by atoms with Crippen molar-refractivity contribution in [1.82, 2.24) is 29.8 Å². The van der Waals surface area contributed by atoms with Crippen LogP contribution in [0.25, 0.3) is 28.3 Å². The summed E-state index contributed by atoms with van der Waals surface area (Å²) in [6.07, 6.45) is 8.06. The van der Waals surface area contributed by atoms with Gasteiger partial charge in [-0.3, -0.25) is 9.55 Å². The lowest BCUT2D eigenvalue weighted by atomic mass is 9.99. The van der Waals surface area contributed by atoms with Crippen LogP contribution < -0.4 is 15.8 Å².